The molecule has 48 heavy (non-hydrogen) atoms. The van der Waals surface area contributed by atoms with Crippen LogP contribution in [0.4, 0.5) is 0 Å². The van der Waals surface area contributed by atoms with E-state index in [9.17, 15) is 19.2 Å². The number of unbranched alkanes of at least 4 members (excludes halogenated alkanes) is 16. The van der Waals surface area contributed by atoms with Crippen molar-refractivity contribution in [2.75, 3.05) is 54.4 Å². The zero-order chi connectivity index (χ0) is 35.9. The Morgan fingerprint density at radius 3 is 0.646 bits per heavy atom. The second-order valence-electron chi connectivity index (χ2n) is 14.8. The van der Waals surface area contributed by atoms with Crippen molar-refractivity contribution in [1.29, 1.82) is 0 Å². The smallest absolute Gasteiger partial charge is 0.227 e. The summed E-state index contributed by atoms with van der Waals surface area (Å²) in [4.78, 5) is 63.9. The van der Waals surface area contributed by atoms with E-state index in [1.807, 2.05) is 0 Å². The van der Waals surface area contributed by atoms with E-state index in [-0.39, 0.29) is 23.6 Å². The van der Waals surface area contributed by atoms with Crippen molar-refractivity contribution >= 4 is 23.6 Å². The van der Waals surface area contributed by atoms with E-state index in [0.717, 1.165) is 103 Å². The maximum atomic E-state index is 14.3. The van der Waals surface area contributed by atoms with E-state index in [1.54, 1.807) is 47.8 Å². The van der Waals surface area contributed by atoms with Crippen LogP contribution in [-0.4, -0.2) is 97.6 Å². The van der Waals surface area contributed by atoms with E-state index >= 15 is 0 Å². The maximum Gasteiger partial charge on any atom is 0.227 e. The summed E-state index contributed by atoms with van der Waals surface area (Å²) in [5, 5.41) is 0. The number of hydrogen-bond acceptors (Lipinski definition) is 4. The second-order valence-corrected chi connectivity index (χ2v) is 14.8. The predicted octanol–water partition coefficient (Wildman–Crippen LogP) is 8.18. The van der Waals surface area contributed by atoms with Crippen molar-refractivity contribution in [3.63, 3.8) is 0 Å². The van der Waals surface area contributed by atoms with Crippen LogP contribution in [-0.2, 0) is 19.2 Å². The van der Waals surface area contributed by atoms with Gasteiger partial charge in [0, 0.05) is 54.4 Å². The SMILES string of the molecule is CCCCCCCN(C)C(=O)C1C(C(=O)N(C)CCCCCCC)C(C(=O)N(C)CCCCCCC)C1C(=O)N(C)CCCCCCC. The van der Waals surface area contributed by atoms with Gasteiger partial charge in [-0.1, -0.05) is 130 Å². The molecule has 0 aliphatic heterocycles. The van der Waals surface area contributed by atoms with Crippen molar-refractivity contribution in [2.45, 2.75) is 156 Å². The van der Waals surface area contributed by atoms with E-state index in [4.69, 9.17) is 0 Å². The van der Waals surface area contributed by atoms with Crippen LogP contribution in [0.25, 0.3) is 0 Å². The molecular weight excluding hydrogens is 600 g/mol. The summed E-state index contributed by atoms with van der Waals surface area (Å²) in [5.74, 6) is -3.93. The molecule has 0 saturated heterocycles. The lowest BCUT2D eigenvalue weighted by Crippen LogP contribution is -2.66. The molecule has 280 valence electrons. The number of rotatable bonds is 28. The van der Waals surface area contributed by atoms with Gasteiger partial charge in [-0.15, -0.1) is 0 Å². The topological polar surface area (TPSA) is 81.2 Å². The summed E-state index contributed by atoms with van der Waals surface area (Å²) < 4.78 is 0. The highest BCUT2D eigenvalue weighted by Crippen LogP contribution is 2.50. The zero-order valence-electron chi connectivity index (χ0n) is 32.7. The number of carbonyl (C=O) groups is 4. The molecule has 0 unspecified atom stereocenters. The van der Waals surface area contributed by atoms with E-state index in [0.29, 0.717) is 26.2 Å². The molecule has 0 atom stereocenters. The van der Waals surface area contributed by atoms with Crippen molar-refractivity contribution < 1.29 is 19.2 Å². The van der Waals surface area contributed by atoms with Crippen LogP contribution in [0, 0.1) is 23.7 Å². The Hall–Kier alpha value is -2.12. The summed E-state index contributed by atoms with van der Waals surface area (Å²) in [5.41, 5.74) is 0. The highest BCUT2D eigenvalue weighted by molar-refractivity contribution is 6.02. The Balaban J connectivity index is 3.34. The van der Waals surface area contributed by atoms with Gasteiger partial charge < -0.3 is 19.6 Å². The van der Waals surface area contributed by atoms with Crippen LogP contribution < -0.4 is 0 Å². The lowest BCUT2D eigenvalue weighted by Gasteiger charge is -2.51. The second kappa shape index (κ2) is 25.8. The third-order valence-corrected chi connectivity index (χ3v) is 10.6. The molecule has 1 rings (SSSR count). The molecule has 8 nitrogen and oxygen atoms in total. The van der Waals surface area contributed by atoms with Gasteiger partial charge in [0.25, 0.3) is 0 Å². The van der Waals surface area contributed by atoms with Crippen LogP contribution in [0.15, 0.2) is 0 Å². The molecule has 1 fully saturated rings. The lowest BCUT2D eigenvalue weighted by molar-refractivity contribution is -0.180. The lowest BCUT2D eigenvalue weighted by atomic mass is 9.54. The minimum absolute atomic E-state index is 0.166. The standard InChI is InChI=1S/C40H76N4O4/c1-9-13-17-21-25-29-41(5)37(45)33-34(38(46)42(6)30-26-22-18-14-10-2)36(40(48)44(8)32-28-24-20-16-12-4)35(33)39(47)43(7)31-27-23-19-15-11-3/h33-36H,9-32H2,1-8H3. The third-order valence-electron chi connectivity index (χ3n) is 10.6. The molecular formula is C40H76N4O4. The molecule has 0 radical (unpaired) electrons. The Bertz CT molecular complexity index is 760. The largest absolute Gasteiger partial charge is 0.345 e. The fourth-order valence-electron chi connectivity index (χ4n) is 7.25. The normalized spacial score (nSPS) is 18.7. The predicted molar refractivity (Wildman–Crippen MR) is 200 cm³/mol. The minimum Gasteiger partial charge on any atom is -0.345 e. The fraction of sp³-hybridized carbons (Fsp3) is 0.900. The van der Waals surface area contributed by atoms with Crippen molar-refractivity contribution in [3.05, 3.63) is 0 Å². The van der Waals surface area contributed by atoms with Crippen LogP contribution in [0.5, 0.6) is 0 Å². The van der Waals surface area contributed by atoms with Crippen LogP contribution in [0.2, 0.25) is 0 Å². The Morgan fingerprint density at radius 1 is 0.312 bits per heavy atom. The molecule has 4 amide bonds. The minimum atomic E-state index is -0.817. The van der Waals surface area contributed by atoms with Gasteiger partial charge in [-0.05, 0) is 25.7 Å². The van der Waals surface area contributed by atoms with Crippen molar-refractivity contribution in [1.82, 2.24) is 19.6 Å². The van der Waals surface area contributed by atoms with E-state index in [2.05, 4.69) is 27.7 Å². The molecule has 0 N–H and O–H groups in total. The van der Waals surface area contributed by atoms with Gasteiger partial charge >= 0.3 is 0 Å². The first-order valence-corrected chi connectivity index (χ1v) is 20.1. The summed E-state index contributed by atoms with van der Waals surface area (Å²) in [7, 11) is 7.21. The van der Waals surface area contributed by atoms with Gasteiger partial charge in [0.2, 0.25) is 23.6 Å². The quantitative estimate of drug-likeness (QED) is 0.0783. The number of amides is 4. The van der Waals surface area contributed by atoms with Crippen LogP contribution in [0.3, 0.4) is 0 Å². The Morgan fingerprint density at radius 2 is 0.479 bits per heavy atom. The average molecular weight is 677 g/mol. The molecule has 0 aromatic carbocycles. The van der Waals surface area contributed by atoms with Crippen LogP contribution >= 0.6 is 0 Å². The molecule has 0 aromatic rings. The van der Waals surface area contributed by atoms with Crippen molar-refractivity contribution in [3.8, 4) is 0 Å². The van der Waals surface area contributed by atoms with Gasteiger partial charge in [-0.25, -0.2) is 0 Å². The Labute approximate surface area is 296 Å². The molecule has 0 heterocycles. The fourth-order valence-corrected chi connectivity index (χ4v) is 7.25. The molecule has 1 aliphatic rings. The highest BCUT2D eigenvalue weighted by atomic mass is 16.2. The summed E-state index contributed by atoms with van der Waals surface area (Å²) in [6.07, 6.45) is 21.7. The van der Waals surface area contributed by atoms with Gasteiger partial charge in [0.15, 0.2) is 0 Å². The molecule has 1 saturated carbocycles. The van der Waals surface area contributed by atoms with Gasteiger partial charge in [-0.2, -0.15) is 0 Å². The van der Waals surface area contributed by atoms with E-state index < -0.39 is 23.7 Å². The number of carbonyl (C=O) groups excluding carboxylic acids is 4. The first-order chi connectivity index (χ1) is 23.1. The monoisotopic (exact) mass is 677 g/mol. The third kappa shape index (κ3) is 14.8. The first kappa shape index (κ1) is 43.9. The maximum absolute atomic E-state index is 14.3. The van der Waals surface area contributed by atoms with Crippen LogP contribution in [0.1, 0.15) is 156 Å². The molecule has 8 heteroatoms. The molecule has 0 bridgehead atoms. The Kier molecular flexibility index (Phi) is 23.6. The zero-order valence-corrected chi connectivity index (χ0v) is 32.7. The summed E-state index contributed by atoms with van der Waals surface area (Å²) in [6.45, 7) is 11.1. The molecule has 1 aliphatic carbocycles. The highest BCUT2D eigenvalue weighted by Gasteiger charge is 2.64. The van der Waals surface area contributed by atoms with Gasteiger partial charge in [0.1, 0.15) is 0 Å². The van der Waals surface area contributed by atoms with Crippen molar-refractivity contribution in [2.24, 2.45) is 23.7 Å². The first-order valence-electron chi connectivity index (χ1n) is 20.1. The van der Waals surface area contributed by atoms with E-state index in [1.165, 1.54) is 25.7 Å². The number of nitrogens with zero attached hydrogens (tertiary/aromatic N) is 4. The average Bonchev–Trinajstić information content (AvgIpc) is 3.06. The number of hydrogen-bond donors (Lipinski definition) is 0. The van der Waals surface area contributed by atoms with Gasteiger partial charge in [0.05, 0.1) is 23.7 Å². The summed E-state index contributed by atoms with van der Waals surface area (Å²) >= 11 is 0. The molecule has 0 spiro atoms. The van der Waals surface area contributed by atoms with Gasteiger partial charge in [-0.3, -0.25) is 19.2 Å². The molecule has 0 aromatic heterocycles. The summed E-state index contributed by atoms with van der Waals surface area (Å²) in [6, 6.07) is 0.